The molecule has 2 rings (SSSR count). The molecule has 2 aromatic rings. The van der Waals surface area contributed by atoms with Gasteiger partial charge in [-0.25, -0.2) is 4.98 Å². The van der Waals surface area contributed by atoms with Gasteiger partial charge in [0.25, 0.3) is 5.91 Å². The lowest BCUT2D eigenvalue weighted by Crippen LogP contribution is -2.35. The van der Waals surface area contributed by atoms with E-state index >= 15 is 0 Å². The van der Waals surface area contributed by atoms with Gasteiger partial charge in [0, 0.05) is 24.5 Å². The SMILES string of the molecule is CCOc1cc(C(=O)NCCN(CC)CC)nc2cc(C)ccc12. The van der Waals surface area contributed by atoms with Gasteiger partial charge in [-0.3, -0.25) is 4.79 Å². The van der Waals surface area contributed by atoms with E-state index in [1.807, 2.05) is 32.0 Å². The zero-order valence-electron chi connectivity index (χ0n) is 15.1. The Morgan fingerprint density at radius 2 is 1.96 bits per heavy atom. The number of carbonyl (C=O) groups is 1. The molecule has 1 aromatic carbocycles. The van der Waals surface area contributed by atoms with Crippen LogP contribution in [0.25, 0.3) is 10.9 Å². The number of carbonyl (C=O) groups excluding carboxylic acids is 1. The van der Waals surface area contributed by atoms with Gasteiger partial charge in [0.15, 0.2) is 0 Å². The molecule has 0 spiro atoms. The number of benzene rings is 1. The number of likely N-dealkylation sites (N-methyl/N-ethyl adjacent to an activating group) is 1. The lowest BCUT2D eigenvalue weighted by Gasteiger charge is -2.18. The molecule has 0 saturated carbocycles. The maximum absolute atomic E-state index is 12.4. The number of fused-ring (bicyclic) bond motifs is 1. The van der Waals surface area contributed by atoms with E-state index in [0.29, 0.717) is 24.6 Å². The molecule has 1 amide bonds. The minimum Gasteiger partial charge on any atom is -0.493 e. The minimum atomic E-state index is -0.161. The fourth-order valence-corrected chi connectivity index (χ4v) is 2.66. The average molecular weight is 329 g/mol. The number of amides is 1. The van der Waals surface area contributed by atoms with E-state index in [4.69, 9.17) is 4.74 Å². The number of nitrogens with one attached hydrogen (secondary N) is 1. The fourth-order valence-electron chi connectivity index (χ4n) is 2.66. The van der Waals surface area contributed by atoms with E-state index in [-0.39, 0.29) is 5.91 Å². The van der Waals surface area contributed by atoms with Gasteiger partial charge in [-0.15, -0.1) is 0 Å². The van der Waals surface area contributed by atoms with Crippen LogP contribution in [0.5, 0.6) is 5.75 Å². The molecular formula is C19H27N3O2. The van der Waals surface area contributed by atoms with Crippen LogP contribution in [-0.4, -0.2) is 48.6 Å². The first kappa shape index (κ1) is 18.2. The van der Waals surface area contributed by atoms with E-state index in [2.05, 4.69) is 29.0 Å². The zero-order valence-corrected chi connectivity index (χ0v) is 15.1. The predicted molar refractivity (Wildman–Crippen MR) is 97.8 cm³/mol. The highest BCUT2D eigenvalue weighted by Gasteiger charge is 2.13. The van der Waals surface area contributed by atoms with Crippen molar-refractivity contribution < 1.29 is 9.53 Å². The number of nitrogens with zero attached hydrogens (tertiary/aromatic N) is 2. The third-order valence-corrected chi connectivity index (χ3v) is 4.07. The molecule has 24 heavy (non-hydrogen) atoms. The number of ether oxygens (including phenoxy) is 1. The summed E-state index contributed by atoms with van der Waals surface area (Å²) in [6, 6.07) is 7.72. The monoisotopic (exact) mass is 329 g/mol. The smallest absolute Gasteiger partial charge is 0.270 e. The second-order valence-corrected chi connectivity index (χ2v) is 5.74. The predicted octanol–water partition coefficient (Wildman–Crippen LogP) is 3.01. The molecule has 0 saturated heterocycles. The van der Waals surface area contributed by atoms with Crippen molar-refractivity contribution in [3.8, 4) is 5.75 Å². The van der Waals surface area contributed by atoms with Gasteiger partial charge in [0.1, 0.15) is 11.4 Å². The van der Waals surface area contributed by atoms with Crippen LogP contribution in [-0.2, 0) is 0 Å². The number of pyridine rings is 1. The van der Waals surface area contributed by atoms with E-state index in [1.54, 1.807) is 6.07 Å². The van der Waals surface area contributed by atoms with Crippen molar-refractivity contribution in [2.24, 2.45) is 0 Å². The van der Waals surface area contributed by atoms with Crippen LogP contribution >= 0.6 is 0 Å². The fraction of sp³-hybridized carbons (Fsp3) is 0.474. The van der Waals surface area contributed by atoms with Crippen molar-refractivity contribution in [2.75, 3.05) is 32.8 Å². The van der Waals surface area contributed by atoms with Crippen LogP contribution in [0.4, 0.5) is 0 Å². The maximum Gasteiger partial charge on any atom is 0.270 e. The average Bonchev–Trinajstić information content (AvgIpc) is 2.58. The van der Waals surface area contributed by atoms with E-state index in [0.717, 1.165) is 36.1 Å². The molecule has 0 radical (unpaired) electrons. The first-order valence-electron chi connectivity index (χ1n) is 8.63. The topological polar surface area (TPSA) is 54.5 Å². The summed E-state index contributed by atoms with van der Waals surface area (Å²) in [6.45, 7) is 12.1. The molecule has 0 aliphatic heterocycles. The normalized spacial score (nSPS) is 11.0. The lowest BCUT2D eigenvalue weighted by molar-refractivity contribution is 0.0944. The summed E-state index contributed by atoms with van der Waals surface area (Å²) in [5.74, 6) is 0.544. The molecule has 5 heteroatoms. The van der Waals surface area contributed by atoms with E-state index < -0.39 is 0 Å². The van der Waals surface area contributed by atoms with Crippen molar-refractivity contribution in [1.29, 1.82) is 0 Å². The number of aromatic nitrogens is 1. The molecule has 1 N–H and O–H groups in total. The van der Waals surface area contributed by atoms with Crippen molar-refractivity contribution >= 4 is 16.8 Å². The molecule has 0 atom stereocenters. The van der Waals surface area contributed by atoms with Gasteiger partial charge < -0.3 is 15.0 Å². The minimum absolute atomic E-state index is 0.161. The second kappa shape index (κ2) is 8.64. The molecule has 0 aliphatic rings. The third kappa shape index (κ3) is 4.45. The molecule has 130 valence electrons. The highest BCUT2D eigenvalue weighted by molar-refractivity contribution is 5.97. The van der Waals surface area contributed by atoms with Crippen LogP contribution in [0, 0.1) is 6.92 Å². The molecule has 0 bridgehead atoms. The van der Waals surface area contributed by atoms with Crippen LogP contribution in [0.3, 0.4) is 0 Å². The van der Waals surface area contributed by atoms with Crippen molar-refractivity contribution in [3.05, 3.63) is 35.5 Å². The van der Waals surface area contributed by atoms with Crippen LogP contribution in [0.1, 0.15) is 36.8 Å². The summed E-state index contributed by atoms with van der Waals surface area (Å²) in [5, 5.41) is 3.88. The van der Waals surface area contributed by atoms with Crippen molar-refractivity contribution in [1.82, 2.24) is 15.2 Å². The van der Waals surface area contributed by atoms with Gasteiger partial charge in [0.2, 0.25) is 0 Å². The molecular weight excluding hydrogens is 302 g/mol. The largest absolute Gasteiger partial charge is 0.493 e. The quantitative estimate of drug-likeness (QED) is 0.809. The number of hydrogen-bond donors (Lipinski definition) is 1. The second-order valence-electron chi connectivity index (χ2n) is 5.74. The number of rotatable bonds is 8. The Balaban J connectivity index is 2.19. The zero-order chi connectivity index (χ0) is 17.5. The van der Waals surface area contributed by atoms with E-state index in [9.17, 15) is 4.79 Å². The van der Waals surface area contributed by atoms with Gasteiger partial charge >= 0.3 is 0 Å². The maximum atomic E-state index is 12.4. The molecule has 5 nitrogen and oxygen atoms in total. The molecule has 0 aliphatic carbocycles. The number of hydrogen-bond acceptors (Lipinski definition) is 4. The standard InChI is InChI=1S/C19H27N3O2/c1-5-22(6-2)11-10-20-19(23)17-13-18(24-7-3)15-9-8-14(4)12-16(15)21-17/h8-9,12-13H,5-7,10-11H2,1-4H3,(H,20,23). The molecule has 0 unspecified atom stereocenters. The Bertz CT molecular complexity index is 696. The lowest BCUT2D eigenvalue weighted by atomic mass is 10.1. The summed E-state index contributed by atoms with van der Waals surface area (Å²) < 4.78 is 5.70. The van der Waals surface area contributed by atoms with Crippen molar-refractivity contribution in [3.63, 3.8) is 0 Å². The van der Waals surface area contributed by atoms with Gasteiger partial charge in [-0.2, -0.15) is 0 Å². The van der Waals surface area contributed by atoms with Gasteiger partial charge in [-0.05, 0) is 44.6 Å². The summed E-state index contributed by atoms with van der Waals surface area (Å²) in [5.41, 5.74) is 2.29. The summed E-state index contributed by atoms with van der Waals surface area (Å²) in [7, 11) is 0. The highest BCUT2D eigenvalue weighted by Crippen LogP contribution is 2.26. The number of aryl methyl sites for hydroxylation is 1. The Labute approximate surface area is 144 Å². The van der Waals surface area contributed by atoms with Crippen molar-refractivity contribution in [2.45, 2.75) is 27.7 Å². The summed E-state index contributed by atoms with van der Waals surface area (Å²) in [6.07, 6.45) is 0. The first-order chi connectivity index (χ1) is 11.6. The Kier molecular flexibility index (Phi) is 6.55. The van der Waals surface area contributed by atoms with E-state index in [1.165, 1.54) is 0 Å². The summed E-state index contributed by atoms with van der Waals surface area (Å²) >= 11 is 0. The first-order valence-corrected chi connectivity index (χ1v) is 8.63. The van der Waals surface area contributed by atoms with Gasteiger partial charge in [-0.1, -0.05) is 19.9 Å². The molecule has 1 heterocycles. The Hall–Kier alpha value is -2.14. The molecule has 1 aromatic heterocycles. The highest BCUT2D eigenvalue weighted by atomic mass is 16.5. The Morgan fingerprint density at radius 1 is 1.21 bits per heavy atom. The third-order valence-electron chi connectivity index (χ3n) is 4.07. The van der Waals surface area contributed by atoms with Crippen LogP contribution in [0.15, 0.2) is 24.3 Å². The van der Waals surface area contributed by atoms with Crippen LogP contribution < -0.4 is 10.1 Å². The molecule has 0 fully saturated rings. The van der Waals surface area contributed by atoms with Gasteiger partial charge in [0.05, 0.1) is 12.1 Å². The van der Waals surface area contributed by atoms with Crippen LogP contribution in [0.2, 0.25) is 0 Å². The Morgan fingerprint density at radius 3 is 2.62 bits per heavy atom. The summed E-state index contributed by atoms with van der Waals surface area (Å²) in [4.78, 5) is 19.2.